The molecule has 1 aliphatic rings. The zero-order valence-electron chi connectivity index (χ0n) is 20.5. The van der Waals surface area contributed by atoms with Gasteiger partial charge in [-0.25, -0.2) is 9.78 Å². The van der Waals surface area contributed by atoms with E-state index < -0.39 is 24.1 Å². The van der Waals surface area contributed by atoms with E-state index in [1.54, 1.807) is 12.1 Å². The van der Waals surface area contributed by atoms with Crippen LogP contribution in [0.5, 0.6) is 0 Å². The molecule has 2 amide bonds. The lowest BCUT2D eigenvalue weighted by atomic mass is 10.0. The number of hydrogen-bond acceptors (Lipinski definition) is 8. The Morgan fingerprint density at radius 3 is 2.57 bits per heavy atom. The number of hydrogen-bond donors (Lipinski definition) is 4. The fourth-order valence-electron chi connectivity index (χ4n) is 3.88. The average molecular weight is 540 g/mol. The molecule has 5 N–H and O–H groups in total. The molecule has 0 unspecified atom stereocenters. The summed E-state index contributed by atoms with van der Waals surface area (Å²) in [5.74, 6) is -1.08. The summed E-state index contributed by atoms with van der Waals surface area (Å²) >= 11 is 2.77. The molecule has 0 spiro atoms. The van der Waals surface area contributed by atoms with Crippen molar-refractivity contribution in [3.05, 3.63) is 59.1 Å². The predicted molar refractivity (Wildman–Crippen MR) is 148 cm³/mol. The number of nitrogens with two attached hydrogens (primary N) is 1. The van der Waals surface area contributed by atoms with E-state index in [2.05, 4.69) is 20.6 Å². The molecule has 11 heteroatoms. The van der Waals surface area contributed by atoms with Crippen LogP contribution in [-0.4, -0.2) is 56.8 Å². The monoisotopic (exact) mass is 539 g/mol. The van der Waals surface area contributed by atoms with Crippen LogP contribution in [0.1, 0.15) is 30.8 Å². The summed E-state index contributed by atoms with van der Waals surface area (Å²) in [7, 11) is 0. The van der Waals surface area contributed by atoms with Crippen LogP contribution in [0.3, 0.4) is 0 Å². The SMILES string of the molecule is CC(C)C[C@H](NC(=O)[C@@H](N)Cc1ccccc1)C(=O)Nc1ccc2nc(C3=N[C@@H](C(=O)O)CS3)sc2c1. The Morgan fingerprint density at radius 2 is 1.89 bits per heavy atom. The molecule has 0 bridgehead atoms. The quantitative estimate of drug-likeness (QED) is 0.309. The first-order chi connectivity index (χ1) is 17.7. The lowest BCUT2D eigenvalue weighted by Crippen LogP contribution is -2.51. The molecule has 2 heterocycles. The largest absolute Gasteiger partial charge is 0.480 e. The summed E-state index contributed by atoms with van der Waals surface area (Å²) < 4.78 is 0.837. The van der Waals surface area contributed by atoms with Gasteiger partial charge >= 0.3 is 5.97 Å². The van der Waals surface area contributed by atoms with Crippen molar-refractivity contribution in [2.75, 3.05) is 11.1 Å². The number of rotatable bonds is 10. The van der Waals surface area contributed by atoms with Crippen molar-refractivity contribution in [1.82, 2.24) is 10.3 Å². The summed E-state index contributed by atoms with van der Waals surface area (Å²) in [6.45, 7) is 3.97. The van der Waals surface area contributed by atoms with E-state index in [4.69, 9.17) is 5.73 Å². The Labute approximate surface area is 223 Å². The summed E-state index contributed by atoms with van der Waals surface area (Å²) in [6.07, 6.45) is 0.841. The fraction of sp³-hybridized carbons (Fsp3) is 0.346. The Hall–Kier alpha value is -3.28. The standard InChI is InChI=1S/C26H29N5O4S2/c1-14(2)10-19(29-22(32)17(27)11-15-6-4-3-5-7-15)23(33)28-16-8-9-18-21(12-16)37-25(30-18)24-31-20(13-36-24)26(34)35/h3-9,12,14,17,19-20H,10-11,13,27H2,1-2H3,(H,28,33)(H,29,32)(H,34,35)/t17-,19-,20+/m0/s1. The van der Waals surface area contributed by atoms with Crippen LogP contribution in [0.2, 0.25) is 0 Å². The van der Waals surface area contributed by atoms with Crippen LogP contribution in [0.15, 0.2) is 53.5 Å². The molecule has 0 radical (unpaired) electrons. The van der Waals surface area contributed by atoms with Crippen LogP contribution in [-0.2, 0) is 20.8 Å². The van der Waals surface area contributed by atoms with Crippen molar-refractivity contribution in [2.45, 2.75) is 44.8 Å². The van der Waals surface area contributed by atoms with Gasteiger partial charge in [0.1, 0.15) is 16.1 Å². The van der Waals surface area contributed by atoms with E-state index in [0.29, 0.717) is 34.3 Å². The number of anilines is 1. The number of aromatic nitrogens is 1. The minimum absolute atomic E-state index is 0.173. The van der Waals surface area contributed by atoms with Crippen molar-refractivity contribution in [2.24, 2.45) is 16.6 Å². The zero-order valence-corrected chi connectivity index (χ0v) is 22.1. The fourth-order valence-corrected chi connectivity index (χ4v) is 5.99. The number of nitrogens with one attached hydrogen (secondary N) is 2. The van der Waals surface area contributed by atoms with Gasteiger partial charge in [0.25, 0.3) is 0 Å². The molecular weight excluding hydrogens is 510 g/mol. The number of carboxylic acids is 1. The van der Waals surface area contributed by atoms with E-state index in [1.807, 2.05) is 50.2 Å². The molecule has 0 fully saturated rings. The topological polar surface area (TPSA) is 147 Å². The number of carbonyl (C=O) groups is 3. The van der Waals surface area contributed by atoms with Crippen LogP contribution in [0, 0.1) is 5.92 Å². The van der Waals surface area contributed by atoms with E-state index in [0.717, 1.165) is 15.8 Å². The number of carboxylic acid groups (broad SMARTS) is 1. The third-order valence-corrected chi connectivity index (χ3v) is 7.96. The summed E-state index contributed by atoms with van der Waals surface area (Å²) in [6, 6.07) is 12.6. The molecule has 0 saturated carbocycles. The number of thiazole rings is 1. The van der Waals surface area contributed by atoms with Gasteiger partial charge < -0.3 is 21.5 Å². The summed E-state index contributed by atoms with van der Waals surface area (Å²) in [5.41, 5.74) is 8.39. The zero-order chi connectivity index (χ0) is 26.5. The molecular formula is C26H29N5O4S2. The smallest absolute Gasteiger partial charge is 0.329 e. The van der Waals surface area contributed by atoms with Crippen LogP contribution in [0.25, 0.3) is 10.2 Å². The lowest BCUT2D eigenvalue weighted by Gasteiger charge is -2.22. The first kappa shape index (κ1) is 26.8. The lowest BCUT2D eigenvalue weighted by molar-refractivity contribution is -0.137. The maximum atomic E-state index is 13.2. The van der Waals surface area contributed by atoms with Gasteiger partial charge in [0, 0.05) is 11.4 Å². The van der Waals surface area contributed by atoms with Crippen LogP contribution in [0.4, 0.5) is 5.69 Å². The Balaban J connectivity index is 1.44. The molecule has 194 valence electrons. The second-order valence-electron chi connectivity index (χ2n) is 9.28. The minimum atomic E-state index is -0.947. The van der Waals surface area contributed by atoms with E-state index in [1.165, 1.54) is 23.1 Å². The third-order valence-electron chi connectivity index (χ3n) is 5.75. The molecule has 4 rings (SSSR count). The number of aliphatic carboxylic acids is 1. The molecule has 37 heavy (non-hydrogen) atoms. The first-order valence-electron chi connectivity index (χ1n) is 11.9. The second-order valence-corrected chi connectivity index (χ2v) is 11.3. The molecule has 3 aromatic rings. The first-order valence-corrected chi connectivity index (χ1v) is 13.7. The van der Waals surface area contributed by atoms with Gasteiger partial charge in [0.05, 0.1) is 16.3 Å². The van der Waals surface area contributed by atoms with Gasteiger partial charge in [-0.05, 0) is 42.5 Å². The van der Waals surface area contributed by atoms with Gasteiger partial charge in [-0.15, -0.1) is 23.1 Å². The second kappa shape index (κ2) is 11.8. The maximum absolute atomic E-state index is 13.2. The summed E-state index contributed by atoms with van der Waals surface area (Å²) in [4.78, 5) is 46.0. The molecule has 0 aliphatic carbocycles. The highest BCUT2D eigenvalue weighted by Gasteiger charge is 2.27. The third kappa shape index (κ3) is 6.94. The van der Waals surface area contributed by atoms with Gasteiger partial charge in [-0.3, -0.25) is 14.6 Å². The Kier molecular flexibility index (Phi) is 8.57. The average Bonchev–Trinajstić information content (AvgIpc) is 3.51. The highest BCUT2D eigenvalue weighted by Crippen LogP contribution is 2.31. The molecule has 9 nitrogen and oxygen atoms in total. The summed E-state index contributed by atoms with van der Waals surface area (Å²) in [5, 5.41) is 16.2. The number of amides is 2. The Morgan fingerprint density at radius 1 is 1.14 bits per heavy atom. The van der Waals surface area contributed by atoms with Gasteiger partial charge in [0.15, 0.2) is 6.04 Å². The maximum Gasteiger partial charge on any atom is 0.329 e. The Bertz CT molecular complexity index is 1330. The highest BCUT2D eigenvalue weighted by molar-refractivity contribution is 8.15. The van der Waals surface area contributed by atoms with Crippen molar-refractivity contribution < 1.29 is 19.5 Å². The number of fused-ring (bicyclic) bond motifs is 1. The van der Waals surface area contributed by atoms with Crippen LogP contribution >= 0.6 is 23.1 Å². The number of nitrogens with zero attached hydrogens (tertiary/aromatic N) is 2. The number of thioether (sulfide) groups is 1. The highest BCUT2D eigenvalue weighted by atomic mass is 32.2. The van der Waals surface area contributed by atoms with Crippen LogP contribution < -0.4 is 16.4 Å². The van der Waals surface area contributed by atoms with Gasteiger partial charge in [-0.2, -0.15) is 0 Å². The van der Waals surface area contributed by atoms with Crippen molar-refractivity contribution in [1.29, 1.82) is 0 Å². The number of benzene rings is 2. The number of carbonyl (C=O) groups excluding carboxylic acids is 2. The van der Waals surface area contributed by atoms with E-state index in [9.17, 15) is 19.5 Å². The normalized spacial score (nSPS) is 16.9. The minimum Gasteiger partial charge on any atom is -0.480 e. The van der Waals surface area contributed by atoms with Gasteiger partial charge in [0.2, 0.25) is 11.8 Å². The van der Waals surface area contributed by atoms with Crippen molar-refractivity contribution >= 4 is 61.8 Å². The van der Waals surface area contributed by atoms with Crippen molar-refractivity contribution in [3.63, 3.8) is 0 Å². The van der Waals surface area contributed by atoms with E-state index in [-0.39, 0.29) is 17.7 Å². The molecule has 1 aromatic heterocycles. The van der Waals surface area contributed by atoms with Crippen molar-refractivity contribution in [3.8, 4) is 0 Å². The number of aliphatic imine (C=N–C) groups is 1. The van der Waals surface area contributed by atoms with Gasteiger partial charge in [-0.1, -0.05) is 44.2 Å². The molecule has 2 aromatic carbocycles. The molecule has 1 aliphatic heterocycles. The van der Waals surface area contributed by atoms with E-state index >= 15 is 0 Å². The molecule has 0 saturated heterocycles. The molecule has 3 atom stereocenters. The predicted octanol–water partition coefficient (Wildman–Crippen LogP) is 3.28.